The molecule has 1 saturated heterocycles. The molecule has 1 aliphatic heterocycles. The molecule has 1 heterocycles. The summed E-state index contributed by atoms with van der Waals surface area (Å²) in [6.07, 6.45) is 1.26. The van der Waals surface area contributed by atoms with Crippen LogP contribution in [0, 0.1) is 11.8 Å². The van der Waals surface area contributed by atoms with E-state index in [4.69, 9.17) is 0 Å². The van der Waals surface area contributed by atoms with E-state index in [0.29, 0.717) is 23.9 Å². The van der Waals surface area contributed by atoms with Gasteiger partial charge in [-0.25, -0.2) is 0 Å². The van der Waals surface area contributed by atoms with E-state index in [1.165, 1.54) is 11.3 Å². The maximum Gasteiger partial charge on any atom is 0.279 e. The van der Waals surface area contributed by atoms with Crippen LogP contribution in [0.5, 0.6) is 0 Å². The smallest absolute Gasteiger partial charge is 0.279 e. The van der Waals surface area contributed by atoms with Crippen LogP contribution in [-0.4, -0.2) is 38.5 Å². The van der Waals surface area contributed by atoms with Crippen molar-refractivity contribution in [3.8, 4) is 0 Å². The summed E-state index contributed by atoms with van der Waals surface area (Å²) in [6, 6.07) is 6.96. The third kappa shape index (κ3) is 4.56. The fourth-order valence-corrected chi connectivity index (χ4v) is 3.35. The summed E-state index contributed by atoms with van der Waals surface area (Å²) in [4.78, 5) is 25.0. The lowest BCUT2D eigenvalue weighted by Gasteiger charge is -2.31. The van der Waals surface area contributed by atoms with E-state index in [1.54, 1.807) is 31.3 Å². The number of anilines is 1. The Labute approximate surface area is 132 Å². The molecule has 5 nitrogen and oxygen atoms in total. The van der Waals surface area contributed by atoms with Gasteiger partial charge in [0.15, 0.2) is 6.54 Å². The number of amides is 2. The number of piperidine rings is 1. The lowest BCUT2D eigenvalue weighted by molar-refractivity contribution is -0.904. The van der Waals surface area contributed by atoms with Crippen molar-refractivity contribution in [3.05, 3.63) is 29.8 Å². The molecule has 2 amide bonds. The average Bonchev–Trinajstić information content (AvgIpc) is 2.46. The van der Waals surface area contributed by atoms with Crippen LogP contribution in [0.25, 0.3) is 0 Å². The van der Waals surface area contributed by atoms with Crippen molar-refractivity contribution < 1.29 is 14.5 Å². The minimum absolute atomic E-state index is 0.0315. The summed E-state index contributed by atoms with van der Waals surface area (Å²) in [7, 11) is 1.60. The molecule has 0 spiro atoms. The predicted octanol–water partition coefficient (Wildman–Crippen LogP) is 0.546. The van der Waals surface area contributed by atoms with E-state index in [0.717, 1.165) is 18.8 Å². The van der Waals surface area contributed by atoms with Gasteiger partial charge in [0.2, 0.25) is 0 Å². The van der Waals surface area contributed by atoms with Crippen LogP contribution >= 0.6 is 0 Å². The molecular formula is C17H26N3O2+. The number of carbonyl (C=O) groups is 2. The van der Waals surface area contributed by atoms with Gasteiger partial charge in [-0.3, -0.25) is 9.59 Å². The Kier molecular flexibility index (Phi) is 5.55. The molecule has 0 saturated carbocycles. The van der Waals surface area contributed by atoms with Crippen LogP contribution < -0.4 is 15.5 Å². The minimum atomic E-state index is -0.126. The van der Waals surface area contributed by atoms with Gasteiger partial charge in [-0.15, -0.1) is 0 Å². The number of nitrogens with one attached hydrogen (secondary N) is 3. The first-order valence-electron chi connectivity index (χ1n) is 7.93. The zero-order valence-corrected chi connectivity index (χ0v) is 13.6. The van der Waals surface area contributed by atoms with Gasteiger partial charge in [0.25, 0.3) is 11.8 Å². The van der Waals surface area contributed by atoms with Gasteiger partial charge in [0.1, 0.15) is 0 Å². The van der Waals surface area contributed by atoms with Crippen molar-refractivity contribution in [2.75, 3.05) is 32.0 Å². The van der Waals surface area contributed by atoms with Crippen LogP contribution in [0.2, 0.25) is 0 Å². The van der Waals surface area contributed by atoms with Gasteiger partial charge in [-0.1, -0.05) is 13.8 Å². The molecular weight excluding hydrogens is 278 g/mol. The number of rotatable bonds is 4. The molecule has 0 aromatic heterocycles. The number of carbonyl (C=O) groups excluding carboxylic acids is 2. The van der Waals surface area contributed by atoms with Gasteiger partial charge in [0, 0.05) is 30.1 Å². The Balaban J connectivity index is 1.87. The molecule has 0 unspecified atom stereocenters. The first-order chi connectivity index (χ1) is 10.5. The summed E-state index contributed by atoms with van der Waals surface area (Å²) < 4.78 is 0. The molecule has 0 aliphatic carbocycles. The molecule has 1 fully saturated rings. The Hall–Kier alpha value is -1.88. The largest absolute Gasteiger partial charge is 0.355 e. The Morgan fingerprint density at radius 3 is 2.27 bits per heavy atom. The Morgan fingerprint density at radius 1 is 1.14 bits per heavy atom. The number of quaternary nitrogens is 1. The van der Waals surface area contributed by atoms with E-state index in [1.807, 2.05) is 0 Å². The fraction of sp³-hybridized carbons (Fsp3) is 0.529. The maximum atomic E-state index is 12.2. The van der Waals surface area contributed by atoms with Gasteiger partial charge < -0.3 is 15.5 Å². The van der Waals surface area contributed by atoms with Crippen molar-refractivity contribution >= 4 is 17.5 Å². The zero-order chi connectivity index (χ0) is 16.1. The van der Waals surface area contributed by atoms with Crippen LogP contribution in [0.1, 0.15) is 30.6 Å². The molecule has 1 aromatic carbocycles. The highest BCUT2D eigenvalue weighted by Crippen LogP contribution is 2.12. The number of likely N-dealkylation sites (tertiary alicyclic amines) is 1. The number of hydrogen-bond acceptors (Lipinski definition) is 2. The third-order valence-electron chi connectivity index (χ3n) is 4.15. The quantitative estimate of drug-likeness (QED) is 0.760. The number of hydrogen-bond donors (Lipinski definition) is 3. The van der Waals surface area contributed by atoms with Crippen LogP contribution in [-0.2, 0) is 4.79 Å². The van der Waals surface area contributed by atoms with Crippen molar-refractivity contribution in [3.63, 3.8) is 0 Å². The second-order valence-corrected chi connectivity index (χ2v) is 6.49. The van der Waals surface area contributed by atoms with E-state index in [2.05, 4.69) is 24.5 Å². The van der Waals surface area contributed by atoms with Gasteiger partial charge in [0.05, 0.1) is 13.1 Å². The van der Waals surface area contributed by atoms with Crippen LogP contribution in [0.15, 0.2) is 24.3 Å². The van der Waals surface area contributed by atoms with Gasteiger partial charge in [-0.2, -0.15) is 0 Å². The second-order valence-electron chi connectivity index (χ2n) is 6.49. The molecule has 0 bridgehead atoms. The summed E-state index contributed by atoms with van der Waals surface area (Å²) in [5.74, 6) is 1.26. The van der Waals surface area contributed by atoms with Gasteiger partial charge >= 0.3 is 0 Å². The molecule has 5 heteroatoms. The molecule has 22 heavy (non-hydrogen) atoms. The second kappa shape index (κ2) is 7.40. The molecule has 0 radical (unpaired) electrons. The summed E-state index contributed by atoms with van der Waals surface area (Å²) in [6.45, 7) is 7.14. The van der Waals surface area contributed by atoms with Crippen molar-refractivity contribution in [2.24, 2.45) is 11.8 Å². The summed E-state index contributed by atoms with van der Waals surface area (Å²) in [5.41, 5.74) is 1.32. The van der Waals surface area contributed by atoms with Crippen molar-refractivity contribution in [1.29, 1.82) is 0 Å². The molecule has 1 aromatic rings. The highest BCUT2D eigenvalue weighted by Gasteiger charge is 2.26. The first-order valence-corrected chi connectivity index (χ1v) is 7.93. The zero-order valence-electron chi connectivity index (χ0n) is 13.6. The lowest BCUT2D eigenvalue weighted by Crippen LogP contribution is -3.15. The predicted molar refractivity (Wildman–Crippen MR) is 87.0 cm³/mol. The Morgan fingerprint density at radius 2 is 1.73 bits per heavy atom. The monoisotopic (exact) mass is 304 g/mol. The van der Waals surface area contributed by atoms with Crippen LogP contribution in [0.4, 0.5) is 5.69 Å². The minimum Gasteiger partial charge on any atom is -0.355 e. The highest BCUT2D eigenvalue weighted by molar-refractivity contribution is 5.95. The fourth-order valence-electron chi connectivity index (χ4n) is 3.35. The molecule has 2 atom stereocenters. The SMILES string of the molecule is CNC(=O)c1ccc(NC(=O)C[NH+]2C[C@H](C)C[C@@H](C)C2)cc1. The molecule has 120 valence electrons. The normalized spacial score (nSPS) is 24.6. The topological polar surface area (TPSA) is 62.6 Å². The van der Waals surface area contributed by atoms with Gasteiger partial charge in [-0.05, 0) is 30.7 Å². The first kappa shape index (κ1) is 16.5. The standard InChI is InChI=1S/C17H25N3O2/c1-12-8-13(2)10-20(9-12)11-16(21)19-15-6-4-14(5-7-15)17(22)18-3/h4-7,12-13H,8-11H2,1-3H3,(H,18,22)(H,19,21)/p+1/t12-,13-/m1/s1. The number of benzene rings is 1. The Bertz CT molecular complexity index is 517. The van der Waals surface area contributed by atoms with E-state index >= 15 is 0 Å². The van der Waals surface area contributed by atoms with E-state index in [9.17, 15) is 9.59 Å². The summed E-state index contributed by atoms with van der Waals surface area (Å²) >= 11 is 0. The van der Waals surface area contributed by atoms with Crippen molar-refractivity contribution in [2.45, 2.75) is 20.3 Å². The molecule has 2 rings (SSSR count). The summed E-state index contributed by atoms with van der Waals surface area (Å²) in [5, 5.41) is 5.49. The molecule has 3 N–H and O–H groups in total. The van der Waals surface area contributed by atoms with Crippen molar-refractivity contribution in [1.82, 2.24) is 5.32 Å². The molecule has 1 aliphatic rings. The lowest BCUT2D eigenvalue weighted by atomic mass is 9.92. The van der Waals surface area contributed by atoms with E-state index in [-0.39, 0.29) is 11.8 Å². The van der Waals surface area contributed by atoms with E-state index < -0.39 is 0 Å². The third-order valence-corrected chi connectivity index (χ3v) is 4.15. The highest BCUT2D eigenvalue weighted by atomic mass is 16.2. The van der Waals surface area contributed by atoms with Crippen LogP contribution in [0.3, 0.4) is 0 Å². The average molecular weight is 304 g/mol. The maximum absolute atomic E-state index is 12.2.